The summed E-state index contributed by atoms with van der Waals surface area (Å²) in [5.41, 5.74) is 3.96. The number of amides is 2. The fourth-order valence-corrected chi connectivity index (χ4v) is 2.74. The lowest BCUT2D eigenvalue weighted by Crippen LogP contribution is -2.32. The highest BCUT2D eigenvalue weighted by molar-refractivity contribution is 7.16. The zero-order valence-corrected chi connectivity index (χ0v) is 10.7. The van der Waals surface area contributed by atoms with Gasteiger partial charge in [0.25, 0.3) is 0 Å². The highest BCUT2D eigenvalue weighted by Gasteiger charge is 2.18. The first-order chi connectivity index (χ1) is 8.83. The van der Waals surface area contributed by atoms with Crippen molar-refractivity contribution >= 4 is 33.3 Å². The summed E-state index contributed by atoms with van der Waals surface area (Å²) >= 11 is 1.64. The minimum Gasteiger partial charge on any atom is -0.383 e. The second-order valence-corrected chi connectivity index (χ2v) is 5.07. The molecule has 0 aliphatic carbocycles. The molecule has 1 aromatic carbocycles. The lowest BCUT2D eigenvalue weighted by atomic mass is 10.3. The van der Waals surface area contributed by atoms with Crippen LogP contribution < -0.4 is 10.6 Å². The van der Waals surface area contributed by atoms with E-state index in [1.807, 2.05) is 22.5 Å². The molecule has 0 bridgehead atoms. The Kier molecular flexibility index (Phi) is 3.02. The molecule has 5 nitrogen and oxygen atoms in total. The molecule has 1 aliphatic rings. The average molecular weight is 262 g/mol. The van der Waals surface area contributed by atoms with Crippen molar-refractivity contribution < 1.29 is 4.79 Å². The lowest BCUT2D eigenvalue weighted by molar-refractivity contribution is 0.219. The maximum atomic E-state index is 11.3. The first-order valence-corrected chi connectivity index (χ1v) is 6.81. The Morgan fingerprint density at radius 1 is 1.50 bits per heavy atom. The number of urea groups is 1. The number of carbonyl (C=O) groups excluding carboxylic acids is 1. The number of thiazole rings is 1. The third-order valence-corrected chi connectivity index (χ3v) is 3.78. The van der Waals surface area contributed by atoms with Gasteiger partial charge in [0.1, 0.15) is 0 Å². The van der Waals surface area contributed by atoms with Crippen LogP contribution in [0.15, 0.2) is 23.7 Å². The Morgan fingerprint density at radius 2 is 2.44 bits per heavy atom. The molecule has 1 aromatic heterocycles. The normalized spacial score (nSPS) is 15.1. The smallest absolute Gasteiger partial charge is 0.317 e. The molecule has 2 amide bonds. The van der Waals surface area contributed by atoms with Crippen LogP contribution in [0.25, 0.3) is 10.2 Å². The Bertz CT molecular complexity index is 568. The van der Waals surface area contributed by atoms with E-state index < -0.39 is 0 Å². The summed E-state index contributed by atoms with van der Waals surface area (Å²) in [5, 5.41) is 6.12. The van der Waals surface area contributed by atoms with E-state index in [-0.39, 0.29) is 6.03 Å². The number of hydrogen-bond acceptors (Lipinski definition) is 4. The van der Waals surface area contributed by atoms with Crippen molar-refractivity contribution in [3.63, 3.8) is 0 Å². The molecule has 2 N–H and O–H groups in total. The lowest BCUT2D eigenvalue weighted by Gasteiger charge is -2.14. The van der Waals surface area contributed by atoms with Gasteiger partial charge in [0.05, 0.1) is 15.7 Å². The van der Waals surface area contributed by atoms with Crippen LogP contribution in [0.4, 0.5) is 10.5 Å². The first-order valence-electron chi connectivity index (χ1n) is 5.93. The van der Waals surface area contributed by atoms with E-state index in [1.54, 1.807) is 11.3 Å². The summed E-state index contributed by atoms with van der Waals surface area (Å²) in [6.07, 6.45) is 0. The topological polar surface area (TPSA) is 57.3 Å². The predicted molar refractivity (Wildman–Crippen MR) is 73.1 cm³/mol. The minimum absolute atomic E-state index is 0.0368. The van der Waals surface area contributed by atoms with Crippen LogP contribution >= 0.6 is 11.3 Å². The van der Waals surface area contributed by atoms with Gasteiger partial charge in [0.15, 0.2) is 0 Å². The molecule has 1 fully saturated rings. The maximum absolute atomic E-state index is 11.3. The summed E-state index contributed by atoms with van der Waals surface area (Å²) in [7, 11) is 0. The van der Waals surface area contributed by atoms with E-state index >= 15 is 0 Å². The number of aromatic nitrogens is 1. The van der Waals surface area contributed by atoms with Gasteiger partial charge in [0.2, 0.25) is 0 Å². The number of rotatable bonds is 4. The average Bonchev–Trinajstić information content (AvgIpc) is 2.98. The van der Waals surface area contributed by atoms with Crippen LogP contribution in [0.1, 0.15) is 0 Å². The Labute approximate surface area is 109 Å². The van der Waals surface area contributed by atoms with Gasteiger partial charge in [-0.3, -0.25) is 0 Å². The van der Waals surface area contributed by atoms with Gasteiger partial charge in [-0.1, -0.05) is 0 Å². The molecule has 0 atom stereocenters. The second kappa shape index (κ2) is 4.81. The SMILES string of the molecule is O=C1NCCN1CCNc1ccc2ncsc2c1. The summed E-state index contributed by atoms with van der Waals surface area (Å²) in [6, 6.07) is 6.16. The molecule has 0 unspecified atom stereocenters. The molecule has 0 spiro atoms. The number of fused-ring (bicyclic) bond motifs is 1. The summed E-state index contributed by atoms with van der Waals surface area (Å²) in [5.74, 6) is 0. The largest absolute Gasteiger partial charge is 0.383 e. The third kappa shape index (κ3) is 2.24. The van der Waals surface area contributed by atoms with Crippen LogP contribution in [0.3, 0.4) is 0 Å². The molecule has 0 radical (unpaired) electrons. The van der Waals surface area contributed by atoms with E-state index in [2.05, 4.69) is 21.7 Å². The number of carbonyl (C=O) groups is 1. The predicted octanol–water partition coefficient (Wildman–Crippen LogP) is 1.73. The molecular weight excluding hydrogens is 248 g/mol. The van der Waals surface area contributed by atoms with E-state index in [1.165, 1.54) is 4.70 Å². The molecular formula is C12H14N4OS. The first kappa shape index (κ1) is 11.3. The third-order valence-electron chi connectivity index (χ3n) is 2.99. The fourth-order valence-electron chi connectivity index (χ4n) is 2.02. The van der Waals surface area contributed by atoms with Crippen molar-refractivity contribution in [1.82, 2.24) is 15.2 Å². The van der Waals surface area contributed by atoms with Crippen LogP contribution in [0, 0.1) is 0 Å². The van der Waals surface area contributed by atoms with Crippen molar-refractivity contribution in [2.45, 2.75) is 0 Å². The maximum Gasteiger partial charge on any atom is 0.317 e. The van der Waals surface area contributed by atoms with Gasteiger partial charge < -0.3 is 15.5 Å². The molecule has 6 heteroatoms. The van der Waals surface area contributed by atoms with Gasteiger partial charge >= 0.3 is 6.03 Å². The summed E-state index contributed by atoms with van der Waals surface area (Å²) in [6.45, 7) is 3.05. The zero-order valence-electron chi connectivity index (χ0n) is 9.85. The minimum atomic E-state index is 0.0368. The molecule has 1 aliphatic heterocycles. The van der Waals surface area contributed by atoms with Gasteiger partial charge in [-0.15, -0.1) is 11.3 Å². The van der Waals surface area contributed by atoms with Crippen LogP contribution in [-0.2, 0) is 0 Å². The Hall–Kier alpha value is -1.82. The van der Waals surface area contributed by atoms with Crippen molar-refractivity contribution in [1.29, 1.82) is 0 Å². The van der Waals surface area contributed by atoms with Crippen molar-refractivity contribution in [2.75, 3.05) is 31.5 Å². The Balaban J connectivity index is 1.57. The number of anilines is 1. The van der Waals surface area contributed by atoms with Gasteiger partial charge in [-0.25, -0.2) is 9.78 Å². The van der Waals surface area contributed by atoms with Crippen molar-refractivity contribution in [3.8, 4) is 0 Å². The molecule has 18 heavy (non-hydrogen) atoms. The molecule has 0 saturated carbocycles. The van der Waals surface area contributed by atoms with Crippen LogP contribution in [0.2, 0.25) is 0 Å². The molecule has 94 valence electrons. The quantitative estimate of drug-likeness (QED) is 0.882. The van der Waals surface area contributed by atoms with E-state index in [9.17, 15) is 4.79 Å². The van der Waals surface area contributed by atoms with Crippen LogP contribution in [-0.4, -0.2) is 42.1 Å². The summed E-state index contributed by atoms with van der Waals surface area (Å²) < 4.78 is 1.18. The molecule has 3 rings (SSSR count). The number of nitrogens with zero attached hydrogens (tertiary/aromatic N) is 2. The highest BCUT2D eigenvalue weighted by atomic mass is 32.1. The van der Waals surface area contributed by atoms with E-state index in [0.29, 0.717) is 0 Å². The van der Waals surface area contributed by atoms with Crippen molar-refractivity contribution in [2.24, 2.45) is 0 Å². The number of hydrogen-bond donors (Lipinski definition) is 2. The molecule has 2 aromatic rings. The highest BCUT2D eigenvalue weighted by Crippen LogP contribution is 2.21. The van der Waals surface area contributed by atoms with E-state index in [0.717, 1.165) is 37.4 Å². The zero-order chi connectivity index (χ0) is 12.4. The van der Waals surface area contributed by atoms with Gasteiger partial charge in [0, 0.05) is 31.9 Å². The van der Waals surface area contributed by atoms with Gasteiger partial charge in [-0.05, 0) is 18.2 Å². The second-order valence-electron chi connectivity index (χ2n) is 4.18. The number of benzene rings is 1. The van der Waals surface area contributed by atoms with Gasteiger partial charge in [-0.2, -0.15) is 0 Å². The van der Waals surface area contributed by atoms with Crippen LogP contribution in [0.5, 0.6) is 0 Å². The monoisotopic (exact) mass is 262 g/mol. The Morgan fingerprint density at radius 3 is 3.28 bits per heavy atom. The van der Waals surface area contributed by atoms with Crippen molar-refractivity contribution in [3.05, 3.63) is 23.7 Å². The summed E-state index contributed by atoms with van der Waals surface area (Å²) in [4.78, 5) is 17.4. The van der Waals surface area contributed by atoms with E-state index in [4.69, 9.17) is 0 Å². The molecule has 1 saturated heterocycles. The molecule has 2 heterocycles. The standard InChI is InChI=1S/C12H14N4OS/c17-12-14-4-6-16(12)5-3-13-9-1-2-10-11(7-9)18-8-15-10/h1-2,7-8,13H,3-6H2,(H,14,17). The number of nitrogens with one attached hydrogen (secondary N) is 2. The fraction of sp³-hybridized carbons (Fsp3) is 0.333.